The molecule has 0 saturated carbocycles. The molecule has 310 valence electrons. The highest BCUT2D eigenvalue weighted by molar-refractivity contribution is 6.47. The molecule has 55 heavy (non-hydrogen) atoms. The first kappa shape index (κ1) is 48.7. The molecule has 2 rings (SSSR count). The SMILES string of the molecule is CCCCCCCCCCCCCCCCCCCC=CC(=Nc1ccc(CCC)c(CCC)c1)C(CCCCCC)=Nc1ccc(CCC)c(CCC)c1. The molecule has 2 aromatic carbocycles. The van der Waals surface area contributed by atoms with Gasteiger partial charge < -0.3 is 0 Å². The molecule has 2 nitrogen and oxygen atoms in total. The molecule has 0 heterocycles. The smallest absolute Gasteiger partial charge is 0.0848 e. The fraction of sp³-hybridized carbons (Fsp3) is 0.698. The van der Waals surface area contributed by atoms with Gasteiger partial charge in [0.15, 0.2) is 0 Å². The number of aryl methyl sites for hydroxylation is 4. The molecule has 0 atom stereocenters. The van der Waals surface area contributed by atoms with Crippen molar-refractivity contribution in [1.82, 2.24) is 0 Å². The van der Waals surface area contributed by atoms with Gasteiger partial charge in [0.1, 0.15) is 0 Å². The average molecular weight is 753 g/mol. The lowest BCUT2D eigenvalue weighted by molar-refractivity contribution is 0.527. The van der Waals surface area contributed by atoms with Crippen LogP contribution in [0.1, 0.15) is 237 Å². The van der Waals surface area contributed by atoms with Crippen LogP contribution in [0.4, 0.5) is 11.4 Å². The standard InChI is InChI=1S/C53H88N2/c1-7-13-15-17-18-19-20-21-22-23-24-25-26-27-28-29-30-31-33-39-53(55-51-43-41-47(35-10-4)49(45-51)37-12-6)52(38-32-16-14-8-2)54-50-42-40-46(34-9-3)48(44-50)36-11-5/h33,39-45H,7-32,34-38H2,1-6H3. The first-order valence-corrected chi connectivity index (χ1v) is 24.2. The van der Waals surface area contributed by atoms with Gasteiger partial charge in [-0.05, 0) is 104 Å². The van der Waals surface area contributed by atoms with Gasteiger partial charge in [0, 0.05) is 0 Å². The number of unbranched alkanes of at least 4 members (excludes halogenated alkanes) is 20. The lowest BCUT2D eigenvalue weighted by Crippen LogP contribution is -2.12. The topological polar surface area (TPSA) is 24.7 Å². The largest absolute Gasteiger partial charge is 0.251 e. The molecule has 0 aliphatic rings. The minimum absolute atomic E-state index is 0.970. The maximum Gasteiger partial charge on any atom is 0.0848 e. The molecule has 0 spiro atoms. The minimum atomic E-state index is 0.970. The van der Waals surface area contributed by atoms with Crippen molar-refractivity contribution in [3.63, 3.8) is 0 Å². The van der Waals surface area contributed by atoms with Crippen LogP contribution in [-0.4, -0.2) is 11.4 Å². The van der Waals surface area contributed by atoms with E-state index in [-0.39, 0.29) is 0 Å². The van der Waals surface area contributed by atoms with Gasteiger partial charge in [-0.25, -0.2) is 4.99 Å². The van der Waals surface area contributed by atoms with Crippen molar-refractivity contribution < 1.29 is 0 Å². The first-order chi connectivity index (χ1) is 27.1. The molecule has 0 N–H and O–H groups in total. The summed E-state index contributed by atoms with van der Waals surface area (Å²) in [5.74, 6) is 0. The Morgan fingerprint density at radius 2 is 0.782 bits per heavy atom. The molecule has 0 amide bonds. The van der Waals surface area contributed by atoms with Gasteiger partial charge in [-0.3, -0.25) is 4.99 Å². The highest BCUT2D eigenvalue weighted by Crippen LogP contribution is 2.25. The summed E-state index contributed by atoms with van der Waals surface area (Å²) in [6.45, 7) is 13.8. The fourth-order valence-corrected chi connectivity index (χ4v) is 8.03. The van der Waals surface area contributed by atoms with Gasteiger partial charge in [0.25, 0.3) is 0 Å². The third kappa shape index (κ3) is 22.8. The maximum atomic E-state index is 5.44. The molecule has 0 aliphatic heterocycles. The first-order valence-electron chi connectivity index (χ1n) is 24.2. The van der Waals surface area contributed by atoms with Crippen LogP contribution in [0.2, 0.25) is 0 Å². The maximum absolute atomic E-state index is 5.44. The number of benzene rings is 2. The molecule has 0 radical (unpaired) electrons. The molecular formula is C53H88N2. The number of hydrogen-bond acceptors (Lipinski definition) is 2. The minimum Gasteiger partial charge on any atom is -0.251 e. The van der Waals surface area contributed by atoms with Crippen LogP contribution in [0.25, 0.3) is 0 Å². The van der Waals surface area contributed by atoms with Crippen LogP contribution in [0.5, 0.6) is 0 Å². The Hall–Kier alpha value is -2.48. The zero-order valence-corrected chi connectivity index (χ0v) is 37.4. The quantitative estimate of drug-likeness (QED) is 0.0495. The fourth-order valence-electron chi connectivity index (χ4n) is 8.03. The van der Waals surface area contributed by atoms with Gasteiger partial charge in [-0.1, -0.05) is 207 Å². The van der Waals surface area contributed by atoms with Crippen LogP contribution >= 0.6 is 0 Å². The van der Waals surface area contributed by atoms with Crippen molar-refractivity contribution >= 4 is 22.8 Å². The molecule has 0 fully saturated rings. The zero-order chi connectivity index (χ0) is 39.6. The molecule has 0 saturated heterocycles. The highest BCUT2D eigenvalue weighted by Gasteiger charge is 2.11. The van der Waals surface area contributed by atoms with Crippen molar-refractivity contribution in [1.29, 1.82) is 0 Å². The number of rotatable bonds is 35. The summed E-state index contributed by atoms with van der Waals surface area (Å²) in [5, 5.41) is 0. The lowest BCUT2D eigenvalue weighted by Gasteiger charge is -2.13. The van der Waals surface area contributed by atoms with Crippen LogP contribution in [0.15, 0.2) is 58.5 Å². The third-order valence-electron chi connectivity index (χ3n) is 11.3. The van der Waals surface area contributed by atoms with Crippen molar-refractivity contribution in [2.24, 2.45) is 9.98 Å². The van der Waals surface area contributed by atoms with Crippen molar-refractivity contribution in [3.8, 4) is 0 Å². The monoisotopic (exact) mass is 753 g/mol. The Morgan fingerprint density at radius 1 is 0.400 bits per heavy atom. The number of aliphatic imine (C=N–C) groups is 2. The van der Waals surface area contributed by atoms with E-state index in [0.717, 1.165) is 80.6 Å². The third-order valence-corrected chi connectivity index (χ3v) is 11.3. The second-order valence-electron chi connectivity index (χ2n) is 16.6. The summed E-state index contributed by atoms with van der Waals surface area (Å²) in [5.41, 5.74) is 10.3. The predicted molar refractivity (Wildman–Crippen MR) is 250 cm³/mol. The molecule has 0 aromatic heterocycles. The molecular weight excluding hydrogens is 665 g/mol. The van der Waals surface area contributed by atoms with Gasteiger partial charge >= 0.3 is 0 Å². The summed E-state index contributed by atoms with van der Waals surface area (Å²) in [7, 11) is 0. The summed E-state index contributed by atoms with van der Waals surface area (Å²) < 4.78 is 0. The lowest BCUT2D eigenvalue weighted by atomic mass is 9.98. The van der Waals surface area contributed by atoms with Gasteiger partial charge in [0.05, 0.1) is 22.8 Å². The summed E-state index contributed by atoms with van der Waals surface area (Å²) in [6.07, 6.45) is 45.0. The van der Waals surface area contributed by atoms with Crippen molar-refractivity contribution in [2.45, 2.75) is 241 Å². The van der Waals surface area contributed by atoms with E-state index in [1.807, 2.05) is 0 Å². The molecule has 2 aromatic rings. The Morgan fingerprint density at radius 3 is 1.22 bits per heavy atom. The van der Waals surface area contributed by atoms with Crippen molar-refractivity contribution in [2.75, 3.05) is 0 Å². The van der Waals surface area contributed by atoms with Crippen LogP contribution in [0, 0.1) is 0 Å². The van der Waals surface area contributed by atoms with E-state index in [9.17, 15) is 0 Å². The molecule has 0 unspecified atom stereocenters. The Labute approximate surface area is 343 Å². The number of nitrogens with zero attached hydrogens (tertiary/aromatic N) is 2. The van der Waals surface area contributed by atoms with E-state index < -0.39 is 0 Å². The number of hydrogen-bond donors (Lipinski definition) is 0. The Kier molecular flexibility index (Phi) is 29.8. The zero-order valence-electron chi connectivity index (χ0n) is 37.4. The van der Waals surface area contributed by atoms with Gasteiger partial charge in [-0.2, -0.15) is 0 Å². The summed E-state index contributed by atoms with van der Waals surface area (Å²) >= 11 is 0. The molecule has 0 bridgehead atoms. The van der Waals surface area contributed by atoms with Crippen LogP contribution < -0.4 is 0 Å². The average Bonchev–Trinajstić information content (AvgIpc) is 3.18. The van der Waals surface area contributed by atoms with Gasteiger partial charge in [0.2, 0.25) is 0 Å². The Balaban J connectivity index is 2.09. The van der Waals surface area contributed by atoms with Crippen LogP contribution in [-0.2, 0) is 25.7 Å². The summed E-state index contributed by atoms with van der Waals surface area (Å²) in [4.78, 5) is 10.9. The number of allylic oxidation sites excluding steroid dienone is 2. The highest BCUT2D eigenvalue weighted by atomic mass is 14.8. The summed E-state index contributed by atoms with van der Waals surface area (Å²) in [6, 6.07) is 13.9. The second-order valence-corrected chi connectivity index (χ2v) is 16.6. The molecule has 0 aliphatic carbocycles. The normalized spacial score (nSPS) is 12.4. The van der Waals surface area contributed by atoms with E-state index in [2.05, 4.69) is 90.1 Å². The van der Waals surface area contributed by atoms with E-state index in [1.54, 1.807) is 0 Å². The Bertz CT molecular complexity index is 1310. The van der Waals surface area contributed by atoms with Gasteiger partial charge in [-0.15, -0.1) is 0 Å². The van der Waals surface area contributed by atoms with Crippen LogP contribution in [0.3, 0.4) is 0 Å². The molecule has 2 heteroatoms. The van der Waals surface area contributed by atoms with E-state index in [4.69, 9.17) is 9.98 Å². The van der Waals surface area contributed by atoms with E-state index >= 15 is 0 Å². The predicted octanol–water partition coefficient (Wildman–Crippen LogP) is 17.9. The van der Waals surface area contributed by atoms with E-state index in [1.165, 1.54) is 164 Å². The van der Waals surface area contributed by atoms with Crippen molar-refractivity contribution in [3.05, 3.63) is 70.8 Å². The van der Waals surface area contributed by atoms with E-state index in [0.29, 0.717) is 0 Å². The second kappa shape index (κ2) is 33.6.